The molecule has 2 amide bonds. The van der Waals surface area contributed by atoms with Gasteiger partial charge in [0.15, 0.2) is 23.9 Å². The van der Waals surface area contributed by atoms with Gasteiger partial charge in [-0.1, -0.05) is 18.2 Å². The zero-order valence-electron chi connectivity index (χ0n) is 22.9. The molecule has 220 valence electrons. The Kier molecular flexibility index (Phi) is 10.1. The van der Waals surface area contributed by atoms with Crippen LogP contribution in [0.4, 0.5) is 18.4 Å². The van der Waals surface area contributed by atoms with Crippen LogP contribution in [0.15, 0.2) is 71.7 Å². The van der Waals surface area contributed by atoms with E-state index in [-0.39, 0.29) is 61.0 Å². The Morgan fingerprint density at radius 3 is 2.69 bits per heavy atom. The van der Waals surface area contributed by atoms with Gasteiger partial charge >= 0.3 is 0 Å². The van der Waals surface area contributed by atoms with Gasteiger partial charge in [-0.15, -0.1) is 3.89 Å². The number of benzene rings is 2. The Balaban J connectivity index is 1.47. The molecule has 2 aromatic heterocycles. The van der Waals surface area contributed by atoms with E-state index in [1.807, 2.05) is 0 Å². The van der Waals surface area contributed by atoms with Gasteiger partial charge in [0.05, 0.1) is 17.6 Å². The fraction of sp³-hybridized carbons (Fsp3) is 0.241. The largest absolute Gasteiger partial charge is 0.486 e. The van der Waals surface area contributed by atoms with Crippen molar-refractivity contribution in [2.45, 2.75) is 32.4 Å². The van der Waals surface area contributed by atoms with Gasteiger partial charge in [0, 0.05) is 38.3 Å². The minimum atomic E-state index is -0.854. The predicted molar refractivity (Wildman–Crippen MR) is 155 cm³/mol. The van der Waals surface area contributed by atoms with E-state index in [0.717, 1.165) is 6.07 Å². The molecule has 0 radical (unpaired) electrons. The van der Waals surface area contributed by atoms with Crippen LogP contribution in [0.25, 0.3) is 11.0 Å². The van der Waals surface area contributed by atoms with Crippen molar-refractivity contribution in [1.29, 1.82) is 0 Å². The summed E-state index contributed by atoms with van der Waals surface area (Å²) < 4.78 is 49.3. The van der Waals surface area contributed by atoms with Gasteiger partial charge in [0.25, 0.3) is 5.56 Å². The second kappa shape index (κ2) is 13.9. The summed E-state index contributed by atoms with van der Waals surface area (Å²) >= 11 is -0.0877. The van der Waals surface area contributed by atoms with E-state index in [0.29, 0.717) is 35.5 Å². The van der Waals surface area contributed by atoms with Gasteiger partial charge in [-0.05, 0) is 49.2 Å². The van der Waals surface area contributed by atoms with Crippen molar-refractivity contribution in [1.82, 2.24) is 18.4 Å². The van der Waals surface area contributed by atoms with E-state index in [1.54, 1.807) is 44.4 Å². The van der Waals surface area contributed by atoms with Crippen LogP contribution >= 0.6 is 12.3 Å². The van der Waals surface area contributed by atoms with Crippen LogP contribution in [0.3, 0.4) is 0 Å². The lowest BCUT2D eigenvalue weighted by atomic mass is 10.2. The minimum absolute atomic E-state index is 0.0619. The number of anilines is 1. The molecule has 42 heavy (non-hydrogen) atoms. The molecule has 0 spiro atoms. The monoisotopic (exact) mass is 599 g/mol. The van der Waals surface area contributed by atoms with E-state index >= 15 is 0 Å². The Labute approximate surface area is 244 Å². The summed E-state index contributed by atoms with van der Waals surface area (Å²) in [6.07, 6.45) is 5.79. The van der Waals surface area contributed by atoms with Crippen molar-refractivity contribution < 1.29 is 27.0 Å². The summed E-state index contributed by atoms with van der Waals surface area (Å²) in [7, 11) is 3.29. The second-order valence-corrected chi connectivity index (χ2v) is 9.97. The first-order chi connectivity index (χ1) is 20.2. The van der Waals surface area contributed by atoms with Crippen molar-refractivity contribution in [3.05, 3.63) is 100 Å². The first-order valence-corrected chi connectivity index (χ1v) is 13.6. The highest BCUT2D eigenvalue weighted by Gasteiger charge is 2.17. The number of hydrogen-bond donors (Lipinski definition) is 1. The summed E-state index contributed by atoms with van der Waals surface area (Å²) in [6.45, 7) is -0.220. The molecule has 0 aliphatic heterocycles. The van der Waals surface area contributed by atoms with Gasteiger partial charge in [0.2, 0.25) is 11.8 Å². The van der Waals surface area contributed by atoms with E-state index < -0.39 is 17.2 Å². The average molecular weight is 600 g/mol. The van der Waals surface area contributed by atoms with Crippen LogP contribution in [-0.4, -0.2) is 44.3 Å². The number of imidazole rings is 1. The maximum absolute atomic E-state index is 14.1. The molecule has 13 heteroatoms. The molecule has 0 aliphatic rings. The number of pyridine rings is 1. The van der Waals surface area contributed by atoms with Gasteiger partial charge in [-0.25, -0.2) is 17.7 Å². The maximum Gasteiger partial charge on any atom is 0.274 e. The SMILES string of the molecule is CN(C)C(=O)/C=C/CCCC(=O)Nc1cccn(Cc2nc3c(COc4ccc(F)cc4F)cccc3n2SF)c1=O. The predicted octanol–water partition coefficient (Wildman–Crippen LogP) is 5.24. The molecule has 0 atom stereocenters. The maximum atomic E-state index is 14.1. The van der Waals surface area contributed by atoms with Crippen LogP contribution in [0.5, 0.6) is 5.75 Å². The van der Waals surface area contributed by atoms with E-state index in [2.05, 4.69) is 10.3 Å². The number of unbranched alkanes of at least 4 members (excludes halogenated alkanes) is 1. The molecule has 4 aromatic rings. The number of amides is 2. The number of hydrogen-bond acceptors (Lipinski definition) is 6. The lowest BCUT2D eigenvalue weighted by Gasteiger charge is -2.09. The Morgan fingerprint density at radius 2 is 1.95 bits per heavy atom. The summed E-state index contributed by atoms with van der Waals surface area (Å²) in [5.74, 6) is -2.02. The first kappa shape index (κ1) is 30.4. The highest BCUT2D eigenvalue weighted by molar-refractivity contribution is 7.92. The van der Waals surface area contributed by atoms with E-state index in [9.17, 15) is 27.1 Å². The molecule has 2 heterocycles. The number of ether oxygens (including phenoxy) is 1. The summed E-state index contributed by atoms with van der Waals surface area (Å²) in [5, 5.41) is 2.61. The number of rotatable bonds is 12. The molecule has 0 unspecified atom stereocenters. The summed E-state index contributed by atoms with van der Waals surface area (Å²) in [4.78, 5) is 43.0. The number of carbonyl (C=O) groups is 2. The topological polar surface area (TPSA) is 98.5 Å². The Bertz CT molecular complexity index is 1690. The van der Waals surface area contributed by atoms with Gasteiger partial charge in [-0.2, -0.15) is 0 Å². The van der Waals surface area contributed by atoms with Crippen LogP contribution in [0.2, 0.25) is 0 Å². The number of carbonyl (C=O) groups excluding carboxylic acids is 2. The molecule has 4 rings (SSSR count). The van der Waals surface area contributed by atoms with Crippen LogP contribution in [0.1, 0.15) is 30.7 Å². The van der Waals surface area contributed by atoms with Crippen LogP contribution in [-0.2, 0) is 22.7 Å². The quantitative estimate of drug-likeness (QED) is 0.177. The third kappa shape index (κ3) is 7.40. The standard InChI is InChI=1S/C29H28F3N5O4S/c1-35(2)27(39)12-5-3-4-11-26(38)33-22-9-7-15-36(29(22)40)17-25-34-28-19(8-6-10-23(28)37(25)42-32)18-41-24-14-13-20(30)16-21(24)31/h5-10,12-16H,3-4,11,17-18H2,1-2H3,(H,33,38)/b12-5+. The van der Waals surface area contributed by atoms with Crippen molar-refractivity contribution in [2.24, 2.45) is 0 Å². The van der Waals surface area contributed by atoms with Gasteiger partial charge in [0.1, 0.15) is 23.9 Å². The molecule has 0 saturated carbocycles. The highest BCUT2D eigenvalue weighted by Crippen LogP contribution is 2.27. The lowest BCUT2D eigenvalue weighted by Crippen LogP contribution is -2.26. The van der Waals surface area contributed by atoms with Gasteiger partial charge in [-0.3, -0.25) is 14.4 Å². The van der Waals surface area contributed by atoms with Crippen LogP contribution in [0, 0.1) is 11.6 Å². The number of para-hydroxylation sites is 1. The Hall–Kier alpha value is -4.52. The molecule has 2 aromatic carbocycles. The Morgan fingerprint density at radius 1 is 1.14 bits per heavy atom. The molecule has 0 bridgehead atoms. The number of halogens is 3. The number of aromatic nitrogens is 3. The molecule has 9 nitrogen and oxygen atoms in total. The molecule has 0 fully saturated rings. The molecular formula is C29H28F3N5O4S. The normalized spacial score (nSPS) is 11.3. The van der Waals surface area contributed by atoms with Gasteiger partial charge < -0.3 is 19.5 Å². The van der Waals surface area contributed by atoms with Crippen molar-refractivity contribution in [3.8, 4) is 5.75 Å². The number of fused-ring (bicyclic) bond motifs is 1. The van der Waals surface area contributed by atoms with Crippen molar-refractivity contribution >= 4 is 40.9 Å². The van der Waals surface area contributed by atoms with E-state index in [4.69, 9.17) is 4.74 Å². The number of likely N-dealkylation sites (N-methyl/N-ethyl adjacent to an activating group) is 1. The smallest absolute Gasteiger partial charge is 0.274 e. The third-order valence-corrected chi connectivity index (χ3v) is 6.77. The molecule has 0 aliphatic carbocycles. The number of nitrogens with one attached hydrogen (secondary N) is 1. The number of allylic oxidation sites excluding steroid dienone is 1. The molecular weight excluding hydrogens is 571 g/mol. The second-order valence-electron chi connectivity index (χ2n) is 9.47. The molecule has 0 saturated heterocycles. The van der Waals surface area contributed by atoms with Crippen LogP contribution < -0.4 is 15.6 Å². The van der Waals surface area contributed by atoms with E-state index in [1.165, 1.54) is 37.8 Å². The fourth-order valence-corrected chi connectivity index (χ4v) is 4.46. The first-order valence-electron chi connectivity index (χ1n) is 12.9. The zero-order valence-corrected chi connectivity index (χ0v) is 23.7. The average Bonchev–Trinajstić information content (AvgIpc) is 3.32. The van der Waals surface area contributed by atoms with Crippen molar-refractivity contribution in [3.63, 3.8) is 0 Å². The fourth-order valence-electron chi connectivity index (χ4n) is 4.06. The lowest BCUT2D eigenvalue weighted by molar-refractivity contribution is -0.123. The third-order valence-electron chi connectivity index (χ3n) is 6.22. The zero-order chi connectivity index (χ0) is 30.2. The molecule has 1 N–H and O–H groups in total. The summed E-state index contributed by atoms with van der Waals surface area (Å²) in [5.41, 5.74) is 0.891. The van der Waals surface area contributed by atoms with Crippen molar-refractivity contribution in [2.75, 3.05) is 19.4 Å². The highest BCUT2D eigenvalue weighted by atomic mass is 32.2. The summed E-state index contributed by atoms with van der Waals surface area (Å²) in [6, 6.07) is 11.0. The number of nitrogens with zero attached hydrogens (tertiary/aromatic N) is 4. The minimum Gasteiger partial charge on any atom is -0.486 e.